The largest absolute Gasteiger partial charge is 0.342 e. The minimum atomic E-state index is -0.218. The maximum atomic E-state index is 11.4. The number of hydrogen-bond acceptors (Lipinski definition) is 3. The summed E-state index contributed by atoms with van der Waals surface area (Å²) in [5.74, 6) is -0.218. The second-order valence-corrected chi connectivity index (χ2v) is 6.62. The molecule has 0 radical (unpaired) electrons. The topological polar surface area (TPSA) is 35.5 Å². The number of unbranched alkanes of at least 4 members (excludes halogenated alkanes) is 13. The number of carbonyl (C=O) groups excluding carboxylic acids is 1. The van der Waals surface area contributed by atoms with Gasteiger partial charge in [-0.3, -0.25) is 4.89 Å². The highest BCUT2D eigenvalue weighted by molar-refractivity contribution is 5.68. The zero-order valence-corrected chi connectivity index (χ0v) is 15.7. The van der Waals surface area contributed by atoms with Crippen molar-refractivity contribution in [3.8, 4) is 0 Å². The Kier molecular flexibility index (Phi) is 19.0. The first kappa shape index (κ1) is 22.4. The van der Waals surface area contributed by atoms with Crippen LogP contribution in [0.2, 0.25) is 0 Å². The Morgan fingerprint density at radius 3 is 1.52 bits per heavy atom. The molecule has 0 saturated heterocycles. The maximum absolute atomic E-state index is 11.4. The molecule has 3 nitrogen and oxygen atoms in total. The SMILES string of the molecule is CCCCCCCCCCCCCCCC(=O)OOCCCC. The molecule has 138 valence electrons. The zero-order chi connectivity index (χ0) is 17.0. The van der Waals surface area contributed by atoms with E-state index in [0.717, 1.165) is 25.7 Å². The van der Waals surface area contributed by atoms with E-state index >= 15 is 0 Å². The highest BCUT2D eigenvalue weighted by Crippen LogP contribution is 2.13. The monoisotopic (exact) mass is 328 g/mol. The van der Waals surface area contributed by atoms with Gasteiger partial charge in [0.2, 0.25) is 0 Å². The lowest BCUT2D eigenvalue weighted by Crippen LogP contribution is -2.06. The standard InChI is InChI=1S/C20H40O3/c1-3-5-7-8-9-10-11-12-13-14-15-16-17-18-20(21)23-22-19-6-4-2/h3-19H2,1-2H3. The highest BCUT2D eigenvalue weighted by Gasteiger charge is 2.03. The van der Waals surface area contributed by atoms with E-state index in [2.05, 4.69) is 13.8 Å². The summed E-state index contributed by atoms with van der Waals surface area (Å²) in [4.78, 5) is 20.9. The van der Waals surface area contributed by atoms with Gasteiger partial charge < -0.3 is 0 Å². The predicted molar refractivity (Wildman–Crippen MR) is 97.3 cm³/mol. The molecule has 3 heteroatoms. The minimum absolute atomic E-state index is 0.218. The molecule has 0 N–H and O–H groups in total. The van der Waals surface area contributed by atoms with Crippen LogP contribution in [0, 0.1) is 0 Å². The summed E-state index contributed by atoms with van der Waals surface area (Å²) in [6.07, 6.45) is 19.6. The predicted octanol–water partition coefficient (Wildman–Crippen LogP) is 6.74. The molecule has 0 bridgehead atoms. The molecular weight excluding hydrogens is 288 g/mol. The lowest BCUT2D eigenvalue weighted by molar-refractivity contribution is -0.272. The summed E-state index contributed by atoms with van der Waals surface area (Å²) in [5, 5.41) is 0. The normalized spacial score (nSPS) is 10.9. The molecule has 0 aromatic carbocycles. The average molecular weight is 329 g/mol. The van der Waals surface area contributed by atoms with Crippen LogP contribution in [0.3, 0.4) is 0 Å². The Balaban J connectivity index is 3.08. The van der Waals surface area contributed by atoms with Crippen molar-refractivity contribution in [2.24, 2.45) is 0 Å². The zero-order valence-electron chi connectivity index (χ0n) is 15.7. The van der Waals surface area contributed by atoms with Crippen molar-refractivity contribution in [2.75, 3.05) is 6.61 Å². The van der Waals surface area contributed by atoms with Crippen LogP contribution < -0.4 is 0 Å². The van der Waals surface area contributed by atoms with Crippen molar-refractivity contribution in [3.63, 3.8) is 0 Å². The van der Waals surface area contributed by atoms with E-state index in [1.165, 1.54) is 70.6 Å². The second-order valence-electron chi connectivity index (χ2n) is 6.62. The molecule has 0 spiro atoms. The maximum Gasteiger partial charge on any atom is 0.342 e. The van der Waals surface area contributed by atoms with Crippen LogP contribution in [0.15, 0.2) is 0 Å². The molecule has 0 fully saturated rings. The lowest BCUT2D eigenvalue weighted by atomic mass is 10.0. The molecule has 0 atom stereocenters. The summed E-state index contributed by atoms with van der Waals surface area (Å²) in [6, 6.07) is 0. The van der Waals surface area contributed by atoms with Crippen molar-refractivity contribution in [1.29, 1.82) is 0 Å². The molecule has 0 amide bonds. The van der Waals surface area contributed by atoms with Crippen LogP contribution in [0.25, 0.3) is 0 Å². The first-order valence-electron chi connectivity index (χ1n) is 10.1. The summed E-state index contributed by atoms with van der Waals surface area (Å²) in [7, 11) is 0. The third-order valence-corrected chi connectivity index (χ3v) is 4.22. The fraction of sp³-hybridized carbons (Fsp3) is 0.950. The van der Waals surface area contributed by atoms with Gasteiger partial charge >= 0.3 is 5.97 Å². The van der Waals surface area contributed by atoms with E-state index < -0.39 is 0 Å². The van der Waals surface area contributed by atoms with E-state index in [1.54, 1.807) is 0 Å². The Bertz CT molecular complexity index is 241. The second kappa shape index (κ2) is 19.5. The lowest BCUT2D eigenvalue weighted by Gasteiger charge is -2.04. The molecule has 0 unspecified atom stereocenters. The van der Waals surface area contributed by atoms with E-state index in [4.69, 9.17) is 9.78 Å². The van der Waals surface area contributed by atoms with E-state index in [-0.39, 0.29) is 5.97 Å². The Morgan fingerprint density at radius 2 is 1.04 bits per heavy atom. The first-order valence-corrected chi connectivity index (χ1v) is 10.1. The van der Waals surface area contributed by atoms with Crippen molar-refractivity contribution in [2.45, 2.75) is 117 Å². The van der Waals surface area contributed by atoms with E-state index in [1.807, 2.05) is 0 Å². The molecule has 0 aromatic rings. The molecule has 0 aliphatic heterocycles. The Morgan fingerprint density at radius 1 is 0.609 bits per heavy atom. The molecule has 0 heterocycles. The van der Waals surface area contributed by atoms with Gasteiger partial charge in [0.1, 0.15) is 0 Å². The molecule has 0 saturated carbocycles. The minimum Gasteiger partial charge on any atom is -0.298 e. The highest BCUT2D eigenvalue weighted by atomic mass is 17.2. The van der Waals surface area contributed by atoms with Gasteiger partial charge in [-0.15, -0.1) is 0 Å². The van der Waals surface area contributed by atoms with Gasteiger partial charge in [0.25, 0.3) is 0 Å². The summed E-state index contributed by atoms with van der Waals surface area (Å²) in [5.41, 5.74) is 0. The number of carbonyl (C=O) groups is 1. The molecule has 0 aromatic heterocycles. The van der Waals surface area contributed by atoms with Crippen molar-refractivity contribution in [3.05, 3.63) is 0 Å². The van der Waals surface area contributed by atoms with Gasteiger partial charge in [0.05, 0.1) is 6.61 Å². The van der Waals surface area contributed by atoms with Gasteiger partial charge in [-0.05, 0) is 12.8 Å². The quantitative estimate of drug-likeness (QED) is 0.159. The third kappa shape index (κ3) is 19.4. The van der Waals surface area contributed by atoms with Gasteiger partial charge in [-0.1, -0.05) is 97.3 Å². The number of rotatable bonds is 18. The molecule has 0 rings (SSSR count). The Hall–Kier alpha value is -0.570. The Labute approximate surface area is 144 Å². The van der Waals surface area contributed by atoms with Crippen LogP contribution in [0.5, 0.6) is 0 Å². The third-order valence-electron chi connectivity index (χ3n) is 4.22. The van der Waals surface area contributed by atoms with E-state index in [9.17, 15) is 4.79 Å². The smallest absolute Gasteiger partial charge is 0.298 e. The fourth-order valence-electron chi connectivity index (χ4n) is 2.64. The van der Waals surface area contributed by atoms with Crippen molar-refractivity contribution >= 4 is 5.97 Å². The van der Waals surface area contributed by atoms with Crippen LogP contribution in [-0.2, 0) is 14.6 Å². The molecule has 23 heavy (non-hydrogen) atoms. The number of hydrogen-bond donors (Lipinski definition) is 0. The van der Waals surface area contributed by atoms with Crippen LogP contribution in [0.4, 0.5) is 0 Å². The van der Waals surface area contributed by atoms with Gasteiger partial charge in [0.15, 0.2) is 0 Å². The summed E-state index contributed by atoms with van der Waals surface area (Å²) >= 11 is 0. The van der Waals surface area contributed by atoms with E-state index in [0.29, 0.717) is 13.0 Å². The summed E-state index contributed by atoms with van der Waals surface area (Å²) in [6.45, 7) is 4.87. The summed E-state index contributed by atoms with van der Waals surface area (Å²) < 4.78 is 0. The molecule has 0 aliphatic carbocycles. The van der Waals surface area contributed by atoms with Crippen molar-refractivity contribution < 1.29 is 14.6 Å². The molecular formula is C20H40O3. The van der Waals surface area contributed by atoms with Crippen LogP contribution in [-0.4, -0.2) is 12.6 Å². The average Bonchev–Trinajstić information content (AvgIpc) is 2.56. The van der Waals surface area contributed by atoms with Crippen LogP contribution in [0.1, 0.15) is 117 Å². The molecule has 0 aliphatic rings. The van der Waals surface area contributed by atoms with Crippen LogP contribution >= 0.6 is 0 Å². The van der Waals surface area contributed by atoms with Gasteiger partial charge in [0, 0.05) is 6.42 Å². The van der Waals surface area contributed by atoms with Crippen molar-refractivity contribution in [1.82, 2.24) is 0 Å². The van der Waals surface area contributed by atoms with Gasteiger partial charge in [-0.25, -0.2) is 4.79 Å². The van der Waals surface area contributed by atoms with Gasteiger partial charge in [-0.2, -0.15) is 4.89 Å². The first-order chi connectivity index (χ1) is 11.3. The fourth-order valence-corrected chi connectivity index (χ4v) is 2.64.